The Hall–Kier alpha value is -10.9. The summed E-state index contributed by atoms with van der Waals surface area (Å²) in [7, 11) is 0. The van der Waals surface area contributed by atoms with Gasteiger partial charge in [0.2, 0.25) is 0 Å². The zero-order valence-electron chi connectivity index (χ0n) is 56.5. The third-order valence-corrected chi connectivity index (χ3v) is 20.7. The van der Waals surface area contributed by atoms with E-state index in [0.717, 1.165) is 34.1 Å². The summed E-state index contributed by atoms with van der Waals surface area (Å²) in [5.74, 6) is 0.694. The maximum Gasteiger partial charge on any atom is 0.0641 e. The molecule has 4 heterocycles. The number of aromatic nitrogens is 2. The van der Waals surface area contributed by atoms with Gasteiger partial charge in [-0.3, -0.25) is 0 Å². The van der Waals surface area contributed by atoms with Gasteiger partial charge in [0.05, 0.1) is 55.8 Å². The van der Waals surface area contributed by atoms with E-state index in [9.17, 15) is 0 Å². The lowest BCUT2D eigenvalue weighted by Gasteiger charge is -2.30. The van der Waals surface area contributed by atoms with Crippen molar-refractivity contribution >= 4 is 110 Å². The van der Waals surface area contributed by atoms with Crippen molar-refractivity contribution in [2.75, 3.05) is 9.80 Å². The van der Waals surface area contributed by atoms with Gasteiger partial charge in [0.1, 0.15) is 0 Å². The maximum absolute atomic E-state index is 2.58. The molecule has 0 N–H and O–H groups in total. The van der Waals surface area contributed by atoms with Crippen molar-refractivity contribution in [3.05, 3.63) is 301 Å². The second-order valence-electron chi connectivity index (χ2n) is 29.3. The second-order valence-corrected chi connectivity index (χ2v) is 29.3. The number of fused-ring (bicyclic) bond motifs is 12. The highest BCUT2D eigenvalue weighted by atomic mass is 15.2. The van der Waals surface area contributed by atoms with Crippen LogP contribution in [0.3, 0.4) is 0 Å². The molecule has 466 valence electrons. The lowest BCUT2D eigenvalue weighted by atomic mass is 9.85. The third-order valence-electron chi connectivity index (χ3n) is 20.7. The second kappa shape index (κ2) is 22.4. The summed E-state index contributed by atoms with van der Waals surface area (Å²) >= 11 is 0. The van der Waals surface area contributed by atoms with Gasteiger partial charge in [0.25, 0.3) is 0 Å². The van der Waals surface area contributed by atoms with E-state index >= 15 is 0 Å². The average molecular weight is 1240 g/mol. The minimum Gasteiger partial charge on any atom is -0.309 e. The molecule has 0 radical (unpaired) electrons. The lowest BCUT2D eigenvalue weighted by molar-refractivity contribution is 0.590. The lowest BCUT2D eigenvalue weighted by Crippen LogP contribution is -2.12. The number of nitrogens with zero attached hydrogens (tertiary/aromatic N) is 4. The van der Waals surface area contributed by atoms with E-state index in [1.165, 1.54) is 143 Å². The quantitative estimate of drug-likeness (QED) is 0.121. The summed E-state index contributed by atoms with van der Waals surface area (Å²) in [5, 5.41) is 9.85. The summed E-state index contributed by atoms with van der Waals surface area (Å²) in [4.78, 5) is 5.10. The van der Waals surface area contributed by atoms with Gasteiger partial charge in [-0.15, -0.1) is 0 Å². The Morgan fingerprint density at radius 3 is 0.969 bits per heavy atom. The molecule has 4 nitrogen and oxygen atoms in total. The highest BCUT2D eigenvalue weighted by molar-refractivity contribution is 6.32. The van der Waals surface area contributed by atoms with E-state index in [1.807, 2.05) is 0 Å². The molecule has 0 aliphatic rings. The molecule has 0 aliphatic carbocycles. The fraction of sp³-hybridized carbons (Fsp3) is 0.152. The summed E-state index contributed by atoms with van der Waals surface area (Å²) < 4.78 is 5.16. The molecule has 96 heavy (non-hydrogen) atoms. The highest BCUT2D eigenvalue weighted by Crippen LogP contribution is 2.54. The number of para-hydroxylation sites is 2. The van der Waals surface area contributed by atoms with Gasteiger partial charge < -0.3 is 18.6 Å². The molecule has 0 unspecified atom stereocenters. The van der Waals surface area contributed by atoms with Gasteiger partial charge in [-0.2, -0.15) is 0 Å². The van der Waals surface area contributed by atoms with Crippen molar-refractivity contribution in [1.82, 2.24) is 8.80 Å². The molecule has 0 spiro atoms. The summed E-state index contributed by atoms with van der Waals surface area (Å²) in [6.45, 7) is 23.0. The number of hydrogen-bond acceptors (Lipinski definition) is 2. The Morgan fingerprint density at radius 1 is 0.271 bits per heavy atom. The van der Waals surface area contributed by atoms with Crippen LogP contribution in [0.5, 0.6) is 0 Å². The van der Waals surface area contributed by atoms with Crippen LogP contribution in [0.1, 0.15) is 103 Å². The Bertz CT molecular complexity index is 5430. The summed E-state index contributed by atoms with van der Waals surface area (Å²) in [6.07, 6.45) is 0. The molecule has 0 fully saturated rings. The third kappa shape index (κ3) is 9.47. The first-order valence-electron chi connectivity index (χ1n) is 34.3. The van der Waals surface area contributed by atoms with Crippen molar-refractivity contribution < 1.29 is 0 Å². The first-order chi connectivity index (χ1) is 46.6. The van der Waals surface area contributed by atoms with Crippen molar-refractivity contribution in [2.45, 2.75) is 91.9 Å². The topological polar surface area (TPSA) is 15.3 Å². The maximum atomic E-state index is 2.58. The minimum atomic E-state index is 0.0270. The standard InChI is InChI=1S/C92H78N4/c1-57(2)65-37-49-81(75(53-65)63-29-39-67(40-30-63)91(5,6)7)93(69-43-33-61(34-44-69)59-21-13-11-14-22-59)83-51-47-71-77-55-86-78(56-85(77)95-79-27-19-17-25-73(79)87(83)89(71)95)72-48-52-84(88-74-26-18-20-28-80(74)96(86)90(72)88)94(70-45-35-62(36-46-70)60-23-15-12-16-24-60)82-50-38-66(58(3)4)54-76(82)64-31-41-68(42-32-64)92(8,9)10/h11-58H,1-10H3. The number of rotatable bonds is 12. The van der Waals surface area contributed by atoms with Crippen LogP contribution in [0.25, 0.3) is 121 Å². The van der Waals surface area contributed by atoms with Gasteiger partial charge in [-0.05, 0) is 163 Å². The molecule has 17 rings (SSSR count). The minimum absolute atomic E-state index is 0.0270. The smallest absolute Gasteiger partial charge is 0.0641 e. The molecule has 4 aromatic heterocycles. The molecule has 0 atom stereocenters. The number of hydrogen-bond donors (Lipinski definition) is 0. The van der Waals surface area contributed by atoms with Crippen LogP contribution in [-0.4, -0.2) is 8.80 Å². The number of anilines is 6. The van der Waals surface area contributed by atoms with Crippen molar-refractivity contribution in [3.8, 4) is 44.5 Å². The van der Waals surface area contributed by atoms with Crippen LogP contribution in [-0.2, 0) is 10.8 Å². The zero-order valence-corrected chi connectivity index (χ0v) is 56.5. The van der Waals surface area contributed by atoms with Gasteiger partial charge in [-0.1, -0.05) is 263 Å². The van der Waals surface area contributed by atoms with E-state index < -0.39 is 0 Å². The Kier molecular flexibility index (Phi) is 13.7. The molecule has 0 aliphatic heterocycles. The fourth-order valence-electron chi connectivity index (χ4n) is 15.5. The molecular formula is C92H78N4. The van der Waals surface area contributed by atoms with E-state index in [4.69, 9.17) is 0 Å². The van der Waals surface area contributed by atoms with Gasteiger partial charge in [0, 0.05) is 65.6 Å². The van der Waals surface area contributed by atoms with Crippen molar-refractivity contribution in [3.63, 3.8) is 0 Å². The summed E-state index contributed by atoms with van der Waals surface area (Å²) in [6, 6.07) is 106. The molecular weight excluding hydrogens is 1160 g/mol. The Balaban J connectivity index is 0.904. The SMILES string of the molecule is CC(C)c1ccc(N(c2ccc(-c3ccccc3)cc2)c2ccc3c4cc5c(cc4n4c6ccccc6c2c34)c2ccc(N(c3ccc(-c4ccccc4)cc3)c3ccc(C(C)C)cc3-c3ccc(C(C)(C)C)cc3)c3c4ccccc4n5c23)c(-c2ccc(C(C)(C)C)cc2)c1. The van der Waals surface area contributed by atoms with Gasteiger partial charge >= 0.3 is 0 Å². The molecule has 0 saturated carbocycles. The molecule has 4 heteroatoms. The van der Waals surface area contributed by atoms with Crippen LogP contribution in [0.2, 0.25) is 0 Å². The predicted molar refractivity (Wildman–Crippen MR) is 412 cm³/mol. The van der Waals surface area contributed by atoms with E-state index in [0.29, 0.717) is 11.8 Å². The molecule has 17 aromatic rings. The first kappa shape index (κ1) is 58.8. The Labute approximate surface area is 563 Å². The van der Waals surface area contributed by atoms with Crippen molar-refractivity contribution in [1.29, 1.82) is 0 Å². The van der Waals surface area contributed by atoms with E-state index in [1.54, 1.807) is 0 Å². The first-order valence-corrected chi connectivity index (χ1v) is 34.3. The van der Waals surface area contributed by atoms with Crippen LogP contribution in [0, 0.1) is 0 Å². The molecule has 0 bridgehead atoms. The largest absolute Gasteiger partial charge is 0.309 e. The zero-order chi connectivity index (χ0) is 65.5. The van der Waals surface area contributed by atoms with Crippen molar-refractivity contribution in [2.24, 2.45) is 0 Å². The number of benzene rings is 13. The molecule has 13 aromatic carbocycles. The van der Waals surface area contributed by atoms with Gasteiger partial charge in [-0.25, -0.2) is 0 Å². The summed E-state index contributed by atoms with van der Waals surface area (Å²) in [5.41, 5.74) is 28.9. The average Bonchev–Trinajstić information content (AvgIpc) is 1.48. The van der Waals surface area contributed by atoms with Crippen LogP contribution >= 0.6 is 0 Å². The van der Waals surface area contributed by atoms with E-state index in [2.05, 4.69) is 367 Å². The highest BCUT2D eigenvalue weighted by Gasteiger charge is 2.31. The normalized spacial score (nSPS) is 12.5. The predicted octanol–water partition coefficient (Wildman–Crippen LogP) is 26.4. The molecule has 0 amide bonds. The van der Waals surface area contributed by atoms with Crippen LogP contribution < -0.4 is 9.80 Å². The van der Waals surface area contributed by atoms with E-state index in [-0.39, 0.29) is 10.8 Å². The molecule has 0 saturated heterocycles. The van der Waals surface area contributed by atoms with Gasteiger partial charge in [0.15, 0.2) is 0 Å². The van der Waals surface area contributed by atoms with Crippen LogP contribution in [0.4, 0.5) is 34.1 Å². The fourth-order valence-corrected chi connectivity index (χ4v) is 15.5. The monoisotopic (exact) mass is 1240 g/mol. The van der Waals surface area contributed by atoms with Crippen LogP contribution in [0.15, 0.2) is 279 Å². The Morgan fingerprint density at radius 2 is 0.604 bits per heavy atom.